The van der Waals surface area contributed by atoms with Crippen molar-refractivity contribution in [2.24, 2.45) is 0 Å². The van der Waals surface area contributed by atoms with Crippen molar-refractivity contribution in [1.82, 2.24) is 15.0 Å². The Kier molecular flexibility index (Phi) is 4.09. The molecule has 6 heteroatoms. The molecule has 1 saturated heterocycles. The highest BCUT2D eigenvalue weighted by molar-refractivity contribution is 5.71. The molecule has 1 aromatic carbocycles. The van der Waals surface area contributed by atoms with Crippen LogP contribution < -0.4 is 4.90 Å². The van der Waals surface area contributed by atoms with Crippen LogP contribution in [-0.4, -0.2) is 28.0 Å². The summed E-state index contributed by atoms with van der Waals surface area (Å²) in [6.07, 6.45) is 6.95. The summed E-state index contributed by atoms with van der Waals surface area (Å²) >= 11 is 0. The first-order chi connectivity index (χ1) is 12.2. The lowest BCUT2D eigenvalue weighted by Gasteiger charge is -2.29. The summed E-state index contributed by atoms with van der Waals surface area (Å²) in [5.41, 5.74) is 3.34. The van der Waals surface area contributed by atoms with Crippen LogP contribution in [0.4, 0.5) is 14.6 Å². The molecule has 1 fully saturated rings. The quantitative estimate of drug-likeness (QED) is 0.709. The van der Waals surface area contributed by atoms with Gasteiger partial charge in [0, 0.05) is 25.5 Å². The second-order valence-corrected chi connectivity index (χ2v) is 6.03. The van der Waals surface area contributed by atoms with E-state index in [1.165, 1.54) is 11.6 Å². The fourth-order valence-corrected chi connectivity index (χ4v) is 3.03. The number of fused-ring (bicyclic) bond motifs is 1. The largest absolute Gasteiger partial charge is 0.356 e. The third-order valence-corrected chi connectivity index (χ3v) is 4.36. The number of rotatable bonds is 2. The van der Waals surface area contributed by atoms with Crippen molar-refractivity contribution in [2.75, 3.05) is 18.0 Å². The maximum absolute atomic E-state index is 13.3. The van der Waals surface area contributed by atoms with E-state index in [1.807, 2.05) is 18.2 Å². The average molecular weight is 338 g/mol. The predicted molar refractivity (Wildman–Crippen MR) is 93.1 cm³/mol. The van der Waals surface area contributed by atoms with Crippen LogP contribution in [0, 0.1) is 11.6 Å². The van der Waals surface area contributed by atoms with E-state index in [1.54, 1.807) is 18.5 Å². The van der Waals surface area contributed by atoms with Crippen LogP contribution in [0.1, 0.15) is 18.4 Å². The van der Waals surface area contributed by atoms with E-state index >= 15 is 0 Å². The van der Waals surface area contributed by atoms with Gasteiger partial charge in [-0.2, -0.15) is 0 Å². The SMILES string of the molecule is Fc1ccc(C=C2CCN(c3ccc4nccnc4n3)CC2)cc1F. The Balaban J connectivity index is 1.48. The number of nitrogens with zero attached hydrogens (tertiary/aromatic N) is 4. The van der Waals surface area contributed by atoms with Crippen LogP contribution in [0.5, 0.6) is 0 Å². The molecule has 1 aliphatic rings. The van der Waals surface area contributed by atoms with Crippen molar-refractivity contribution in [3.8, 4) is 0 Å². The molecule has 0 amide bonds. The van der Waals surface area contributed by atoms with Gasteiger partial charge >= 0.3 is 0 Å². The number of aromatic nitrogens is 3. The maximum atomic E-state index is 13.3. The van der Waals surface area contributed by atoms with Crippen LogP contribution in [0.25, 0.3) is 17.2 Å². The molecule has 25 heavy (non-hydrogen) atoms. The van der Waals surface area contributed by atoms with Gasteiger partial charge in [-0.1, -0.05) is 17.7 Å². The summed E-state index contributed by atoms with van der Waals surface area (Å²) < 4.78 is 26.3. The molecule has 0 bridgehead atoms. The number of pyridine rings is 1. The van der Waals surface area contributed by atoms with Crippen molar-refractivity contribution in [3.63, 3.8) is 0 Å². The number of benzene rings is 1. The second-order valence-electron chi connectivity index (χ2n) is 6.03. The van der Waals surface area contributed by atoms with Gasteiger partial charge in [0.1, 0.15) is 11.3 Å². The number of halogens is 2. The van der Waals surface area contributed by atoms with Crippen LogP contribution in [0.3, 0.4) is 0 Å². The van der Waals surface area contributed by atoms with Crippen LogP contribution >= 0.6 is 0 Å². The van der Waals surface area contributed by atoms with Crippen molar-refractivity contribution < 1.29 is 8.78 Å². The smallest absolute Gasteiger partial charge is 0.180 e. The molecule has 0 unspecified atom stereocenters. The molecule has 0 radical (unpaired) electrons. The number of hydrogen-bond donors (Lipinski definition) is 0. The first-order valence-electron chi connectivity index (χ1n) is 8.16. The minimum atomic E-state index is -0.817. The van der Waals surface area contributed by atoms with Gasteiger partial charge in [0.25, 0.3) is 0 Å². The number of hydrogen-bond acceptors (Lipinski definition) is 4. The van der Waals surface area contributed by atoms with Crippen molar-refractivity contribution in [3.05, 3.63) is 65.5 Å². The van der Waals surface area contributed by atoms with Crippen LogP contribution in [-0.2, 0) is 0 Å². The molecule has 1 aliphatic heterocycles. The van der Waals surface area contributed by atoms with E-state index in [0.29, 0.717) is 11.2 Å². The summed E-state index contributed by atoms with van der Waals surface area (Å²) in [5.74, 6) is -0.740. The lowest BCUT2D eigenvalue weighted by molar-refractivity contribution is 0.508. The lowest BCUT2D eigenvalue weighted by Crippen LogP contribution is -2.31. The molecule has 0 atom stereocenters. The summed E-state index contributed by atoms with van der Waals surface area (Å²) in [6, 6.07) is 7.88. The molecule has 0 spiro atoms. The second kappa shape index (κ2) is 6.55. The normalized spacial score (nSPS) is 14.8. The van der Waals surface area contributed by atoms with E-state index in [9.17, 15) is 8.78 Å². The third-order valence-electron chi connectivity index (χ3n) is 4.36. The topological polar surface area (TPSA) is 41.9 Å². The fourth-order valence-electron chi connectivity index (χ4n) is 3.03. The molecule has 0 aliphatic carbocycles. The van der Waals surface area contributed by atoms with E-state index in [4.69, 9.17) is 0 Å². The Hall–Kier alpha value is -2.89. The number of anilines is 1. The van der Waals surface area contributed by atoms with Crippen molar-refractivity contribution >= 4 is 23.1 Å². The van der Waals surface area contributed by atoms with Gasteiger partial charge in [0.05, 0.1) is 0 Å². The minimum absolute atomic E-state index is 0.642. The third kappa shape index (κ3) is 3.33. The first-order valence-corrected chi connectivity index (χ1v) is 8.16. The summed E-state index contributed by atoms with van der Waals surface area (Å²) in [4.78, 5) is 15.3. The first kappa shape index (κ1) is 15.6. The minimum Gasteiger partial charge on any atom is -0.356 e. The molecule has 0 N–H and O–H groups in total. The van der Waals surface area contributed by atoms with Gasteiger partial charge in [0.2, 0.25) is 0 Å². The summed E-state index contributed by atoms with van der Waals surface area (Å²) in [6.45, 7) is 1.66. The zero-order valence-electron chi connectivity index (χ0n) is 13.5. The lowest BCUT2D eigenvalue weighted by atomic mass is 10.0. The van der Waals surface area contributed by atoms with Crippen LogP contribution in [0.15, 0.2) is 48.3 Å². The molecular weight excluding hydrogens is 322 g/mol. The van der Waals surface area contributed by atoms with Gasteiger partial charge in [-0.3, -0.25) is 4.98 Å². The highest BCUT2D eigenvalue weighted by Crippen LogP contribution is 2.24. The van der Waals surface area contributed by atoms with E-state index in [-0.39, 0.29) is 0 Å². The van der Waals surface area contributed by atoms with Gasteiger partial charge < -0.3 is 4.90 Å². The Morgan fingerprint density at radius 3 is 2.52 bits per heavy atom. The molecule has 3 heterocycles. The molecule has 2 aromatic heterocycles. The Morgan fingerprint density at radius 1 is 0.920 bits per heavy atom. The monoisotopic (exact) mass is 338 g/mol. The zero-order chi connectivity index (χ0) is 17.2. The van der Waals surface area contributed by atoms with Gasteiger partial charge in [-0.15, -0.1) is 0 Å². The van der Waals surface area contributed by atoms with Crippen molar-refractivity contribution in [1.29, 1.82) is 0 Å². The molecule has 4 rings (SSSR count). The van der Waals surface area contributed by atoms with E-state index in [0.717, 1.165) is 43.3 Å². The number of piperidine rings is 1. The maximum Gasteiger partial charge on any atom is 0.180 e. The Bertz CT molecular complexity index is 945. The van der Waals surface area contributed by atoms with Gasteiger partial charge in [-0.25, -0.2) is 18.7 Å². The van der Waals surface area contributed by atoms with Gasteiger partial charge in [0.15, 0.2) is 17.3 Å². The molecule has 126 valence electrons. The Labute approximate surface area is 143 Å². The molecule has 4 nitrogen and oxygen atoms in total. The molecule has 3 aromatic rings. The van der Waals surface area contributed by atoms with E-state index in [2.05, 4.69) is 19.9 Å². The fraction of sp³-hybridized carbons (Fsp3) is 0.211. The highest BCUT2D eigenvalue weighted by Gasteiger charge is 2.16. The van der Waals surface area contributed by atoms with Crippen LogP contribution in [0.2, 0.25) is 0 Å². The zero-order valence-corrected chi connectivity index (χ0v) is 13.5. The summed E-state index contributed by atoms with van der Waals surface area (Å²) in [5, 5.41) is 0. The standard InChI is InChI=1S/C19H16F2N4/c20-15-2-1-14(12-16(15)21)11-13-5-9-25(10-6-13)18-4-3-17-19(24-18)23-8-7-22-17/h1-4,7-8,11-12H,5-6,9-10H2. The average Bonchev–Trinajstić information content (AvgIpc) is 2.65. The Morgan fingerprint density at radius 2 is 1.72 bits per heavy atom. The van der Waals surface area contributed by atoms with Gasteiger partial charge in [-0.05, 0) is 42.7 Å². The predicted octanol–water partition coefficient (Wildman–Crippen LogP) is 3.99. The van der Waals surface area contributed by atoms with E-state index < -0.39 is 11.6 Å². The summed E-state index contributed by atoms with van der Waals surface area (Å²) in [7, 11) is 0. The highest BCUT2D eigenvalue weighted by atomic mass is 19.2. The molecular formula is C19H16F2N4. The van der Waals surface area contributed by atoms with Crippen molar-refractivity contribution in [2.45, 2.75) is 12.8 Å². The molecule has 0 saturated carbocycles.